The molecule has 2 rings (SSSR count). The summed E-state index contributed by atoms with van der Waals surface area (Å²) in [5.74, 6) is -0.0394. The molecule has 1 aliphatic rings. The highest BCUT2D eigenvalue weighted by atomic mass is 19.4. The first-order chi connectivity index (χ1) is 15.1. The van der Waals surface area contributed by atoms with Gasteiger partial charge in [-0.3, -0.25) is 4.79 Å². The van der Waals surface area contributed by atoms with Gasteiger partial charge in [-0.2, -0.15) is 13.2 Å². The summed E-state index contributed by atoms with van der Waals surface area (Å²) in [5.41, 5.74) is 4.63. The molecular weight excluding hydrogens is 419 g/mol. The van der Waals surface area contributed by atoms with E-state index < -0.39 is 11.7 Å². The number of nitrogens with two attached hydrogens (primary N) is 1. The third-order valence-corrected chi connectivity index (χ3v) is 4.29. The fraction of sp³-hybridized carbons (Fsp3) is 0.458. The quantitative estimate of drug-likeness (QED) is 0.503. The molecule has 0 aromatic heterocycles. The zero-order chi connectivity index (χ0) is 24.6. The average Bonchev–Trinajstić information content (AvgIpc) is 3.21. The van der Waals surface area contributed by atoms with E-state index in [0.29, 0.717) is 25.2 Å². The molecule has 1 fully saturated rings. The molecule has 32 heavy (non-hydrogen) atoms. The number of ether oxygens (including phenoxy) is 1. The van der Waals surface area contributed by atoms with Crippen LogP contribution in [0.2, 0.25) is 0 Å². The van der Waals surface area contributed by atoms with Crippen molar-refractivity contribution in [1.82, 2.24) is 9.80 Å². The highest BCUT2D eigenvalue weighted by molar-refractivity contribution is 5.87. The van der Waals surface area contributed by atoms with E-state index in [-0.39, 0.29) is 18.6 Å². The van der Waals surface area contributed by atoms with Crippen molar-refractivity contribution in [2.24, 2.45) is 5.73 Å². The van der Waals surface area contributed by atoms with Gasteiger partial charge in [0.25, 0.3) is 0 Å². The monoisotopic (exact) mass is 455 g/mol. The predicted molar refractivity (Wildman–Crippen MR) is 124 cm³/mol. The van der Waals surface area contributed by atoms with Crippen molar-refractivity contribution in [2.45, 2.75) is 39.2 Å². The lowest BCUT2D eigenvalue weighted by Gasteiger charge is -2.15. The third-order valence-electron chi connectivity index (χ3n) is 4.29. The summed E-state index contributed by atoms with van der Waals surface area (Å²) in [5, 5.41) is 0. The maximum absolute atomic E-state index is 12.5. The van der Waals surface area contributed by atoms with Crippen LogP contribution in [0, 0.1) is 0 Å². The highest BCUT2D eigenvalue weighted by Gasteiger charge is 2.30. The zero-order valence-corrected chi connectivity index (χ0v) is 19.4. The van der Waals surface area contributed by atoms with E-state index in [1.165, 1.54) is 18.3 Å². The molecule has 1 atom stereocenters. The summed E-state index contributed by atoms with van der Waals surface area (Å²) in [7, 11) is 3.85. The van der Waals surface area contributed by atoms with Crippen molar-refractivity contribution in [3.8, 4) is 0 Å². The summed E-state index contributed by atoms with van der Waals surface area (Å²) in [6.45, 7) is 9.21. The molecule has 1 aromatic carbocycles. The number of likely N-dealkylation sites (N-methyl/N-ethyl adjacent to an activating group) is 1. The molecule has 0 radical (unpaired) electrons. The van der Waals surface area contributed by atoms with Gasteiger partial charge in [0.15, 0.2) is 0 Å². The fourth-order valence-corrected chi connectivity index (χ4v) is 2.54. The Balaban J connectivity index is 0.00000121. The van der Waals surface area contributed by atoms with Gasteiger partial charge in [-0.1, -0.05) is 36.9 Å². The molecule has 1 saturated heterocycles. The lowest BCUT2D eigenvalue weighted by atomic mass is 10.1. The summed E-state index contributed by atoms with van der Waals surface area (Å²) in [6.07, 6.45) is 4.95. The summed E-state index contributed by atoms with van der Waals surface area (Å²) in [4.78, 5) is 15.7. The first-order valence-corrected chi connectivity index (χ1v) is 10.4. The van der Waals surface area contributed by atoms with Crippen molar-refractivity contribution < 1.29 is 22.7 Å². The van der Waals surface area contributed by atoms with Crippen LogP contribution in [0.4, 0.5) is 13.2 Å². The lowest BCUT2D eigenvalue weighted by Crippen LogP contribution is -2.28. The molecule has 180 valence electrons. The van der Waals surface area contributed by atoms with E-state index in [4.69, 9.17) is 4.74 Å². The molecule has 1 aliphatic heterocycles. The number of carbonyl (C=O) groups excluding carboxylic acids is 1. The summed E-state index contributed by atoms with van der Waals surface area (Å²) < 4.78 is 43.3. The van der Waals surface area contributed by atoms with Gasteiger partial charge in [0.1, 0.15) is 0 Å². The number of allylic oxidation sites excluding steroid dienone is 2. The molecular formula is C24H36F3N3O2. The van der Waals surface area contributed by atoms with Crippen LogP contribution >= 0.6 is 0 Å². The summed E-state index contributed by atoms with van der Waals surface area (Å²) >= 11 is 0. The second-order valence-electron chi connectivity index (χ2n) is 7.27. The van der Waals surface area contributed by atoms with E-state index in [1.54, 1.807) is 11.0 Å². The van der Waals surface area contributed by atoms with Gasteiger partial charge in [0.05, 0.1) is 18.3 Å². The van der Waals surface area contributed by atoms with E-state index in [9.17, 15) is 18.0 Å². The van der Waals surface area contributed by atoms with Crippen molar-refractivity contribution in [2.75, 3.05) is 33.7 Å². The number of likely N-dealkylation sites (tertiary alicyclic amines) is 1. The van der Waals surface area contributed by atoms with Crippen LogP contribution in [0.5, 0.6) is 0 Å². The topological polar surface area (TPSA) is 58.8 Å². The second-order valence-corrected chi connectivity index (χ2v) is 7.27. The van der Waals surface area contributed by atoms with Crippen LogP contribution in [0.15, 0.2) is 61.3 Å². The number of carbonyl (C=O) groups is 1. The van der Waals surface area contributed by atoms with Crippen LogP contribution in [0.3, 0.4) is 0 Å². The second kappa shape index (κ2) is 16.1. The van der Waals surface area contributed by atoms with Crippen LogP contribution < -0.4 is 5.73 Å². The van der Waals surface area contributed by atoms with Crippen molar-refractivity contribution in [3.05, 3.63) is 72.5 Å². The van der Waals surface area contributed by atoms with E-state index >= 15 is 0 Å². The Morgan fingerprint density at radius 1 is 1.25 bits per heavy atom. The molecule has 1 unspecified atom stereocenters. The Bertz CT molecular complexity index is 710. The van der Waals surface area contributed by atoms with Crippen molar-refractivity contribution >= 4 is 5.91 Å². The Kier molecular flexibility index (Phi) is 14.8. The predicted octanol–water partition coefficient (Wildman–Crippen LogP) is 4.61. The van der Waals surface area contributed by atoms with E-state index in [2.05, 4.69) is 12.3 Å². The van der Waals surface area contributed by atoms with Crippen LogP contribution in [0.25, 0.3) is 0 Å². The molecule has 2 N–H and O–H groups in total. The zero-order valence-electron chi connectivity index (χ0n) is 19.4. The molecule has 0 bridgehead atoms. The first-order valence-electron chi connectivity index (χ1n) is 10.4. The summed E-state index contributed by atoms with van der Waals surface area (Å²) in [6, 6.07) is 4.95. The van der Waals surface area contributed by atoms with Gasteiger partial charge in [-0.05, 0) is 58.3 Å². The number of hydrogen-bond acceptors (Lipinski definition) is 4. The SMILES string of the molecule is C/C=C\C.C=CN.CN(C)C/C=C/C(=O)N1CCC(OCc2ccc(C(F)(F)F)cc2)C1. The number of alkyl halides is 3. The Morgan fingerprint density at radius 3 is 2.28 bits per heavy atom. The van der Waals surface area contributed by atoms with Gasteiger partial charge in [-0.25, -0.2) is 0 Å². The lowest BCUT2D eigenvalue weighted by molar-refractivity contribution is -0.137. The van der Waals surface area contributed by atoms with Crippen LogP contribution in [0.1, 0.15) is 31.4 Å². The Morgan fingerprint density at radius 2 is 1.81 bits per heavy atom. The van der Waals surface area contributed by atoms with Gasteiger partial charge >= 0.3 is 6.18 Å². The number of nitrogens with zero attached hydrogens (tertiary/aromatic N) is 2. The Hall–Kier alpha value is -2.58. The first kappa shape index (κ1) is 29.4. The number of amides is 1. The van der Waals surface area contributed by atoms with Crippen molar-refractivity contribution in [3.63, 3.8) is 0 Å². The van der Waals surface area contributed by atoms with Gasteiger partial charge < -0.3 is 20.3 Å². The maximum atomic E-state index is 12.5. The molecule has 0 aliphatic carbocycles. The number of hydrogen-bond donors (Lipinski definition) is 1. The normalized spacial score (nSPS) is 16.0. The van der Waals surface area contributed by atoms with Gasteiger partial charge in [0, 0.05) is 25.7 Å². The average molecular weight is 456 g/mol. The molecule has 1 amide bonds. The number of benzene rings is 1. The smallest absolute Gasteiger partial charge is 0.405 e. The van der Waals surface area contributed by atoms with Crippen LogP contribution in [-0.2, 0) is 22.3 Å². The minimum absolute atomic E-state index is 0.0394. The molecule has 1 aromatic rings. The Labute approximate surface area is 190 Å². The fourth-order valence-electron chi connectivity index (χ4n) is 2.54. The standard InChI is InChI=1S/C18H23F3N2O2.C4H8.C2H5N/c1-22(2)10-3-4-17(24)23-11-9-16(12-23)25-13-14-5-7-15(8-6-14)18(19,20)21;1-3-4-2;1-2-3/h3-8,16H,9-13H2,1-2H3;3-4H,1-2H3;2H,1,3H2/b4-3+;4-3-;. The molecule has 8 heteroatoms. The van der Waals surface area contributed by atoms with Gasteiger partial charge in [-0.15, -0.1) is 0 Å². The van der Waals surface area contributed by atoms with Gasteiger partial charge in [0.2, 0.25) is 5.91 Å². The van der Waals surface area contributed by atoms with Crippen molar-refractivity contribution in [1.29, 1.82) is 0 Å². The number of rotatable bonds is 6. The largest absolute Gasteiger partial charge is 0.416 e. The molecule has 0 spiro atoms. The number of halogens is 3. The minimum atomic E-state index is -4.33. The van der Waals surface area contributed by atoms with E-state index in [0.717, 1.165) is 18.6 Å². The molecule has 5 nitrogen and oxygen atoms in total. The maximum Gasteiger partial charge on any atom is 0.416 e. The van der Waals surface area contributed by atoms with E-state index in [1.807, 2.05) is 51.1 Å². The molecule has 0 saturated carbocycles. The highest BCUT2D eigenvalue weighted by Crippen LogP contribution is 2.29. The molecule has 1 heterocycles. The minimum Gasteiger partial charge on any atom is -0.405 e. The van der Waals surface area contributed by atoms with Crippen LogP contribution in [-0.4, -0.2) is 55.5 Å². The third kappa shape index (κ3) is 13.0.